The van der Waals surface area contributed by atoms with Gasteiger partial charge in [-0.25, -0.2) is 0 Å². The Kier molecular flexibility index (Phi) is 4.32. The summed E-state index contributed by atoms with van der Waals surface area (Å²) in [7, 11) is 0. The largest absolute Gasteiger partial charge is 0.363 e. The Labute approximate surface area is 151 Å². The zero-order valence-corrected chi connectivity index (χ0v) is 14.5. The Morgan fingerprint density at radius 3 is 2.65 bits per heavy atom. The van der Waals surface area contributed by atoms with E-state index in [0.29, 0.717) is 15.6 Å². The third-order valence-electron chi connectivity index (χ3n) is 4.31. The van der Waals surface area contributed by atoms with Crippen LogP contribution in [-0.4, -0.2) is 28.9 Å². The molecule has 0 amide bonds. The summed E-state index contributed by atoms with van der Waals surface area (Å²) in [5.41, 5.74) is 1.29. The SMILES string of the molecule is Cl.OC1(c2ccc(Cl)c(Cl)c2)c2ccccc2C2=NCCCN21. The smallest absolute Gasteiger partial charge is 0.193 e. The quantitative estimate of drug-likeness (QED) is 0.822. The van der Waals surface area contributed by atoms with Gasteiger partial charge in [0.2, 0.25) is 0 Å². The molecule has 1 atom stereocenters. The van der Waals surface area contributed by atoms with Crippen LogP contribution in [0.2, 0.25) is 10.0 Å². The highest BCUT2D eigenvalue weighted by molar-refractivity contribution is 6.42. The van der Waals surface area contributed by atoms with Crippen LogP contribution < -0.4 is 0 Å². The van der Waals surface area contributed by atoms with Crippen molar-refractivity contribution in [2.75, 3.05) is 13.1 Å². The minimum Gasteiger partial charge on any atom is -0.363 e. The van der Waals surface area contributed by atoms with Gasteiger partial charge >= 0.3 is 0 Å². The molecule has 0 aromatic heterocycles. The number of nitrogens with zero attached hydrogens (tertiary/aromatic N) is 2. The standard InChI is InChI=1S/C17H14Cl2N2O.ClH/c18-14-7-6-11(10-15(14)19)17(22)13-5-2-1-4-12(13)16-20-8-3-9-21(16)17;/h1-2,4-7,10,22H,3,8-9H2;1H. The molecule has 23 heavy (non-hydrogen) atoms. The van der Waals surface area contributed by atoms with Crippen molar-refractivity contribution in [1.29, 1.82) is 0 Å². The second-order valence-electron chi connectivity index (χ2n) is 5.56. The summed E-state index contributed by atoms with van der Waals surface area (Å²) in [6.45, 7) is 1.54. The Morgan fingerprint density at radius 2 is 1.87 bits per heavy atom. The fourth-order valence-electron chi connectivity index (χ4n) is 3.30. The zero-order chi connectivity index (χ0) is 15.3. The number of hydrogen-bond donors (Lipinski definition) is 1. The number of hydrogen-bond acceptors (Lipinski definition) is 3. The third-order valence-corrected chi connectivity index (χ3v) is 5.05. The average Bonchev–Trinajstić information content (AvgIpc) is 2.82. The molecule has 2 aliphatic rings. The molecule has 1 N–H and O–H groups in total. The van der Waals surface area contributed by atoms with E-state index in [4.69, 9.17) is 23.2 Å². The molecule has 0 bridgehead atoms. The topological polar surface area (TPSA) is 35.8 Å². The third kappa shape index (κ3) is 2.34. The number of halogens is 3. The summed E-state index contributed by atoms with van der Waals surface area (Å²) in [5.74, 6) is 0.857. The van der Waals surface area contributed by atoms with Crippen LogP contribution in [0, 0.1) is 0 Å². The van der Waals surface area contributed by atoms with E-state index in [9.17, 15) is 5.11 Å². The van der Waals surface area contributed by atoms with E-state index >= 15 is 0 Å². The summed E-state index contributed by atoms with van der Waals surface area (Å²) in [5, 5.41) is 12.5. The van der Waals surface area contributed by atoms with Gasteiger partial charge in [-0.15, -0.1) is 12.4 Å². The molecule has 2 heterocycles. The van der Waals surface area contributed by atoms with E-state index in [1.54, 1.807) is 12.1 Å². The van der Waals surface area contributed by atoms with Gasteiger partial charge in [0.05, 0.1) is 10.0 Å². The van der Waals surface area contributed by atoms with Crippen LogP contribution in [0.4, 0.5) is 0 Å². The van der Waals surface area contributed by atoms with Gasteiger partial charge in [0.25, 0.3) is 0 Å². The van der Waals surface area contributed by atoms with Gasteiger partial charge in [0.15, 0.2) is 5.72 Å². The van der Waals surface area contributed by atoms with Crippen LogP contribution in [0.25, 0.3) is 0 Å². The molecule has 0 saturated carbocycles. The molecule has 6 heteroatoms. The number of benzene rings is 2. The second kappa shape index (κ2) is 5.99. The van der Waals surface area contributed by atoms with Gasteiger partial charge in [0.1, 0.15) is 5.84 Å². The summed E-state index contributed by atoms with van der Waals surface area (Å²) < 4.78 is 0. The first-order chi connectivity index (χ1) is 10.6. The molecule has 0 radical (unpaired) electrons. The fourth-order valence-corrected chi connectivity index (χ4v) is 3.60. The van der Waals surface area contributed by atoms with Gasteiger partial charge in [-0.1, -0.05) is 53.5 Å². The van der Waals surface area contributed by atoms with Gasteiger partial charge in [-0.05, 0) is 18.6 Å². The van der Waals surface area contributed by atoms with Crippen molar-refractivity contribution in [2.24, 2.45) is 4.99 Å². The minimum absolute atomic E-state index is 0. The molecular formula is C17H15Cl3N2O. The highest BCUT2D eigenvalue weighted by Gasteiger charge is 2.48. The first-order valence-corrected chi connectivity index (χ1v) is 7.98. The van der Waals surface area contributed by atoms with Gasteiger partial charge in [0, 0.05) is 29.8 Å². The van der Waals surface area contributed by atoms with Crippen molar-refractivity contribution in [3.8, 4) is 0 Å². The van der Waals surface area contributed by atoms with Gasteiger partial charge < -0.3 is 10.0 Å². The molecule has 1 unspecified atom stereocenters. The first-order valence-electron chi connectivity index (χ1n) is 7.22. The minimum atomic E-state index is -1.25. The number of amidine groups is 1. The molecule has 120 valence electrons. The maximum absolute atomic E-state index is 11.6. The molecule has 0 aliphatic carbocycles. The predicted octanol–water partition coefficient (Wildman–Crippen LogP) is 4.07. The van der Waals surface area contributed by atoms with Crippen LogP contribution in [0.3, 0.4) is 0 Å². The number of rotatable bonds is 1. The van der Waals surface area contributed by atoms with E-state index in [1.807, 2.05) is 35.2 Å². The maximum atomic E-state index is 11.6. The molecule has 0 saturated heterocycles. The van der Waals surface area contributed by atoms with Crippen molar-refractivity contribution in [1.82, 2.24) is 4.90 Å². The number of aliphatic hydroxyl groups is 1. The van der Waals surface area contributed by atoms with Crippen LogP contribution in [0.5, 0.6) is 0 Å². The Hall–Kier alpha value is -1.26. The first kappa shape index (κ1) is 16.6. The number of aliphatic imine (C=N–C) groups is 1. The van der Waals surface area contributed by atoms with Crippen molar-refractivity contribution in [3.05, 3.63) is 69.2 Å². The summed E-state index contributed by atoms with van der Waals surface area (Å²) in [4.78, 5) is 6.58. The molecule has 0 spiro atoms. The molecule has 3 nitrogen and oxygen atoms in total. The lowest BCUT2D eigenvalue weighted by atomic mass is 9.94. The molecule has 2 aliphatic heterocycles. The highest BCUT2D eigenvalue weighted by Crippen LogP contribution is 2.44. The lowest BCUT2D eigenvalue weighted by Gasteiger charge is -2.37. The van der Waals surface area contributed by atoms with Crippen molar-refractivity contribution >= 4 is 41.4 Å². The van der Waals surface area contributed by atoms with Crippen LogP contribution in [-0.2, 0) is 5.72 Å². The predicted molar refractivity (Wildman–Crippen MR) is 95.9 cm³/mol. The Balaban J connectivity index is 0.00000156. The normalized spacial score (nSPS) is 22.0. The van der Waals surface area contributed by atoms with Crippen molar-refractivity contribution in [3.63, 3.8) is 0 Å². The van der Waals surface area contributed by atoms with Crippen LogP contribution in [0.1, 0.15) is 23.1 Å². The molecular weight excluding hydrogens is 355 g/mol. The van der Waals surface area contributed by atoms with E-state index in [2.05, 4.69) is 4.99 Å². The zero-order valence-electron chi connectivity index (χ0n) is 12.2. The van der Waals surface area contributed by atoms with Gasteiger partial charge in [-0.2, -0.15) is 0 Å². The Morgan fingerprint density at radius 1 is 1.09 bits per heavy atom. The average molecular weight is 370 g/mol. The van der Waals surface area contributed by atoms with E-state index in [-0.39, 0.29) is 12.4 Å². The van der Waals surface area contributed by atoms with Gasteiger partial charge in [-0.3, -0.25) is 4.99 Å². The highest BCUT2D eigenvalue weighted by atomic mass is 35.5. The summed E-state index contributed by atoms with van der Waals surface area (Å²) in [6, 6.07) is 13.1. The number of fused-ring (bicyclic) bond motifs is 3. The lowest BCUT2D eigenvalue weighted by Crippen LogP contribution is -2.47. The van der Waals surface area contributed by atoms with E-state index < -0.39 is 5.72 Å². The molecule has 0 fully saturated rings. The Bertz CT molecular complexity index is 793. The summed E-state index contributed by atoms with van der Waals surface area (Å²) in [6.07, 6.45) is 0.918. The monoisotopic (exact) mass is 368 g/mol. The molecule has 2 aromatic rings. The van der Waals surface area contributed by atoms with Crippen molar-refractivity contribution < 1.29 is 5.11 Å². The van der Waals surface area contributed by atoms with E-state index in [0.717, 1.165) is 36.5 Å². The summed E-state index contributed by atoms with van der Waals surface area (Å²) >= 11 is 12.2. The van der Waals surface area contributed by atoms with Crippen LogP contribution >= 0.6 is 35.6 Å². The molecule has 4 rings (SSSR count). The van der Waals surface area contributed by atoms with Crippen LogP contribution in [0.15, 0.2) is 47.5 Å². The fraction of sp³-hybridized carbons (Fsp3) is 0.235. The maximum Gasteiger partial charge on any atom is 0.193 e. The van der Waals surface area contributed by atoms with E-state index in [1.165, 1.54) is 0 Å². The second-order valence-corrected chi connectivity index (χ2v) is 6.37. The molecule has 2 aromatic carbocycles. The van der Waals surface area contributed by atoms with Crippen molar-refractivity contribution in [2.45, 2.75) is 12.1 Å². The lowest BCUT2D eigenvalue weighted by molar-refractivity contribution is -0.0317.